The first-order valence-electron chi connectivity index (χ1n) is 8.68. The van der Waals surface area contributed by atoms with Crippen molar-refractivity contribution in [3.63, 3.8) is 0 Å². The number of carbonyl (C=O) groups excluding carboxylic acids is 1. The summed E-state index contributed by atoms with van der Waals surface area (Å²) in [6, 6.07) is 12.6. The van der Waals surface area contributed by atoms with Crippen LogP contribution in [-0.4, -0.2) is 44.1 Å². The number of ether oxygens (including phenoxy) is 1. The zero-order valence-electron chi connectivity index (χ0n) is 15.0. The SMILES string of the molecule is COCc1ccc(C(=O)N2CCN(c3cccc(C(F)(F)F)c3)CC2)cc1. The van der Waals surface area contributed by atoms with Gasteiger partial charge in [0.05, 0.1) is 12.2 Å². The number of rotatable bonds is 4. The largest absolute Gasteiger partial charge is 0.416 e. The third kappa shape index (κ3) is 4.60. The van der Waals surface area contributed by atoms with Gasteiger partial charge < -0.3 is 14.5 Å². The van der Waals surface area contributed by atoms with E-state index in [1.54, 1.807) is 30.2 Å². The zero-order valence-corrected chi connectivity index (χ0v) is 15.0. The van der Waals surface area contributed by atoms with E-state index in [9.17, 15) is 18.0 Å². The van der Waals surface area contributed by atoms with Gasteiger partial charge in [-0.2, -0.15) is 13.2 Å². The molecule has 144 valence electrons. The highest BCUT2D eigenvalue weighted by molar-refractivity contribution is 5.94. The van der Waals surface area contributed by atoms with Gasteiger partial charge in [0, 0.05) is 44.5 Å². The van der Waals surface area contributed by atoms with Crippen molar-refractivity contribution >= 4 is 11.6 Å². The number of carbonyl (C=O) groups is 1. The van der Waals surface area contributed by atoms with Gasteiger partial charge in [0.1, 0.15) is 0 Å². The Morgan fingerprint density at radius 2 is 1.70 bits per heavy atom. The molecular weight excluding hydrogens is 357 g/mol. The summed E-state index contributed by atoms with van der Waals surface area (Å²) >= 11 is 0. The lowest BCUT2D eigenvalue weighted by Gasteiger charge is -2.36. The molecule has 0 N–H and O–H groups in total. The average molecular weight is 378 g/mol. The number of methoxy groups -OCH3 is 1. The molecule has 2 aromatic carbocycles. The van der Waals surface area contributed by atoms with Crippen LogP contribution in [0.1, 0.15) is 21.5 Å². The molecule has 1 aliphatic rings. The number of benzene rings is 2. The summed E-state index contributed by atoms with van der Waals surface area (Å²) in [5.41, 5.74) is 1.46. The van der Waals surface area contributed by atoms with Crippen LogP contribution in [0.25, 0.3) is 0 Å². The Hall–Kier alpha value is -2.54. The Kier molecular flexibility index (Phi) is 5.70. The van der Waals surface area contributed by atoms with Crippen LogP contribution in [0.2, 0.25) is 0 Å². The number of amides is 1. The van der Waals surface area contributed by atoms with Crippen LogP contribution in [-0.2, 0) is 17.5 Å². The molecule has 0 unspecified atom stereocenters. The van der Waals surface area contributed by atoms with Gasteiger partial charge in [0.25, 0.3) is 5.91 Å². The van der Waals surface area contributed by atoms with Crippen molar-refractivity contribution in [2.75, 3.05) is 38.2 Å². The quantitative estimate of drug-likeness (QED) is 0.811. The van der Waals surface area contributed by atoms with Crippen LogP contribution in [0.5, 0.6) is 0 Å². The normalized spacial score (nSPS) is 15.1. The second-order valence-corrected chi connectivity index (χ2v) is 6.46. The van der Waals surface area contributed by atoms with Gasteiger partial charge in [-0.25, -0.2) is 0 Å². The van der Waals surface area contributed by atoms with Crippen molar-refractivity contribution in [3.8, 4) is 0 Å². The van der Waals surface area contributed by atoms with E-state index in [0.717, 1.165) is 17.7 Å². The topological polar surface area (TPSA) is 32.8 Å². The van der Waals surface area contributed by atoms with E-state index >= 15 is 0 Å². The minimum atomic E-state index is -4.36. The molecule has 3 rings (SSSR count). The molecule has 0 aliphatic carbocycles. The smallest absolute Gasteiger partial charge is 0.380 e. The number of nitrogens with zero attached hydrogens (tertiary/aromatic N) is 2. The van der Waals surface area contributed by atoms with Crippen LogP contribution >= 0.6 is 0 Å². The summed E-state index contributed by atoms with van der Waals surface area (Å²) in [4.78, 5) is 16.2. The van der Waals surface area contributed by atoms with Crippen molar-refractivity contribution in [3.05, 3.63) is 65.2 Å². The standard InChI is InChI=1S/C20H21F3N2O2/c1-27-14-15-5-7-16(8-6-15)19(26)25-11-9-24(10-12-25)18-4-2-3-17(13-18)20(21,22)23/h2-8,13H,9-12,14H2,1H3. The van der Waals surface area contributed by atoms with Gasteiger partial charge in [0.2, 0.25) is 0 Å². The maximum absolute atomic E-state index is 12.9. The van der Waals surface area contributed by atoms with Crippen LogP contribution < -0.4 is 4.90 Å². The summed E-state index contributed by atoms with van der Waals surface area (Å²) in [5.74, 6) is -0.0670. The highest BCUT2D eigenvalue weighted by Gasteiger charge is 2.31. The van der Waals surface area contributed by atoms with E-state index in [-0.39, 0.29) is 5.91 Å². The molecular formula is C20H21F3N2O2. The highest BCUT2D eigenvalue weighted by atomic mass is 19.4. The Morgan fingerprint density at radius 3 is 2.30 bits per heavy atom. The number of piperazine rings is 1. The van der Waals surface area contributed by atoms with Crippen LogP contribution in [0.3, 0.4) is 0 Å². The molecule has 2 aromatic rings. The van der Waals surface area contributed by atoms with E-state index < -0.39 is 11.7 Å². The number of halogens is 3. The molecule has 1 heterocycles. The molecule has 0 spiro atoms. The minimum absolute atomic E-state index is 0.0670. The first kappa shape index (κ1) is 19.2. The van der Waals surface area contributed by atoms with E-state index in [1.807, 2.05) is 17.0 Å². The van der Waals surface area contributed by atoms with Gasteiger partial charge in [0.15, 0.2) is 0 Å². The van der Waals surface area contributed by atoms with Gasteiger partial charge >= 0.3 is 6.18 Å². The Labute approximate surface area is 156 Å². The lowest BCUT2D eigenvalue weighted by Crippen LogP contribution is -2.48. The molecule has 27 heavy (non-hydrogen) atoms. The molecule has 1 fully saturated rings. The van der Waals surface area contributed by atoms with Crippen molar-refractivity contribution in [2.45, 2.75) is 12.8 Å². The lowest BCUT2D eigenvalue weighted by atomic mass is 10.1. The Bertz CT molecular complexity index is 783. The van der Waals surface area contributed by atoms with Crippen LogP contribution in [0, 0.1) is 0 Å². The number of alkyl halides is 3. The van der Waals surface area contributed by atoms with Crippen LogP contribution in [0.15, 0.2) is 48.5 Å². The monoisotopic (exact) mass is 378 g/mol. The van der Waals surface area contributed by atoms with Crippen molar-refractivity contribution in [1.82, 2.24) is 4.90 Å². The van der Waals surface area contributed by atoms with Gasteiger partial charge in [-0.05, 0) is 35.9 Å². The second-order valence-electron chi connectivity index (χ2n) is 6.46. The third-order valence-electron chi connectivity index (χ3n) is 4.62. The summed E-state index contributed by atoms with van der Waals surface area (Å²) in [6.07, 6.45) is -4.36. The second kappa shape index (κ2) is 8.00. The summed E-state index contributed by atoms with van der Waals surface area (Å²) < 4.78 is 43.7. The molecule has 0 bridgehead atoms. The van der Waals surface area contributed by atoms with Gasteiger partial charge in [-0.3, -0.25) is 4.79 Å². The van der Waals surface area contributed by atoms with Crippen molar-refractivity contribution in [1.29, 1.82) is 0 Å². The number of hydrogen-bond donors (Lipinski definition) is 0. The summed E-state index contributed by atoms with van der Waals surface area (Å²) in [7, 11) is 1.61. The molecule has 7 heteroatoms. The molecule has 4 nitrogen and oxygen atoms in total. The Balaban J connectivity index is 1.62. The molecule has 1 aliphatic heterocycles. The Morgan fingerprint density at radius 1 is 1.04 bits per heavy atom. The predicted molar refractivity (Wildman–Crippen MR) is 96.7 cm³/mol. The number of anilines is 1. The fraction of sp³-hybridized carbons (Fsp3) is 0.350. The fourth-order valence-corrected chi connectivity index (χ4v) is 3.14. The third-order valence-corrected chi connectivity index (χ3v) is 4.62. The zero-order chi connectivity index (χ0) is 19.4. The van der Waals surface area contributed by atoms with E-state index in [2.05, 4.69) is 0 Å². The molecule has 0 saturated carbocycles. The first-order chi connectivity index (χ1) is 12.9. The van der Waals surface area contributed by atoms with Crippen LogP contribution in [0.4, 0.5) is 18.9 Å². The van der Waals surface area contributed by atoms with Gasteiger partial charge in [-0.1, -0.05) is 18.2 Å². The van der Waals surface area contributed by atoms with E-state index in [0.29, 0.717) is 44.0 Å². The van der Waals surface area contributed by atoms with Crippen molar-refractivity contribution in [2.24, 2.45) is 0 Å². The van der Waals surface area contributed by atoms with Crippen molar-refractivity contribution < 1.29 is 22.7 Å². The summed E-state index contributed by atoms with van der Waals surface area (Å²) in [6.45, 7) is 2.41. The molecule has 0 atom stereocenters. The molecule has 0 aromatic heterocycles. The lowest BCUT2D eigenvalue weighted by molar-refractivity contribution is -0.137. The highest BCUT2D eigenvalue weighted by Crippen LogP contribution is 2.31. The number of hydrogen-bond acceptors (Lipinski definition) is 3. The molecule has 0 radical (unpaired) electrons. The maximum atomic E-state index is 12.9. The molecule has 1 saturated heterocycles. The minimum Gasteiger partial charge on any atom is -0.380 e. The predicted octanol–water partition coefficient (Wildman–Crippen LogP) is 3.81. The van der Waals surface area contributed by atoms with E-state index in [4.69, 9.17) is 4.74 Å². The first-order valence-corrected chi connectivity index (χ1v) is 8.68. The maximum Gasteiger partial charge on any atom is 0.416 e. The van der Waals surface area contributed by atoms with Gasteiger partial charge in [-0.15, -0.1) is 0 Å². The average Bonchev–Trinajstić information content (AvgIpc) is 2.68. The molecule has 1 amide bonds. The fourth-order valence-electron chi connectivity index (χ4n) is 3.14. The van der Waals surface area contributed by atoms with E-state index in [1.165, 1.54) is 6.07 Å². The summed E-state index contributed by atoms with van der Waals surface area (Å²) in [5, 5.41) is 0.